The van der Waals surface area contributed by atoms with Crippen LogP contribution in [0.5, 0.6) is 0 Å². The van der Waals surface area contributed by atoms with E-state index in [0.29, 0.717) is 0 Å². The van der Waals surface area contributed by atoms with Gasteiger partial charge in [-0.05, 0) is 25.3 Å². The first-order valence-corrected chi connectivity index (χ1v) is 4.72. The molecule has 13 heavy (non-hydrogen) atoms. The highest BCUT2D eigenvalue weighted by Gasteiger charge is 1.95. The number of hydrogen-bond donors (Lipinski definition) is 1. The van der Waals surface area contributed by atoms with Crippen molar-refractivity contribution >= 4 is 5.82 Å². The van der Waals surface area contributed by atoms with E-state index in [2.05, 4.69) is 29.1 Å². The molecule has 0 atom stereocenters. The third-order valence-electron chi connectivity index (χ3n) is 1.80. The van der Waals surface area contributed by atoms with Gasteiger partial charge in [-0.2, -0.15) is 0 Å². The van der Waals surface area contributed by atoms with E-state index in [1.54, 1.807) is 6.20 Å². The molecule has 3 heteroatoms. The molecule has 0 amide bonds. The molecular weight excluding hydrogens is 162 g/mol. The van der Waals surface area contributed by atoms with Gasteiger partial charge in [0.25, 0.3) is 0 Å². The number of rotatable bonds is 4. The molecule has 0 unspecified atom stereocenters. The van der Waals surface area contributed by atoms with Crippen LogP contribution in [0.1, 0.15) is 26.1 Å². The van der Waals surface area contributed by atoms with Gasteiger partial charge in [-0.3, -0.25) is 0 Å². The standard InChI is InChI=1S/C10H17N3/c1-8(2)4-6-12-10-5-7-11-9(3)13-10/h5,7-8H,4,6H2,1-3H3,(H,11,12,13). The smallest absolute Gasteiger partial charge is 0.129 e. The first kappa shape index (κ1) is 9.96. The Morgan fingerprint density at radius 2 is 2.23 bits per heavy atom. The van der Waals surface area contributed by atoms with Crippen LogP contribution in [0, 0.1) is 12.8 Å². The minimum Gasteiger partial charge on any atom is -0.370 e. The molecule has 0 radical (unpaired) electrons. The van der Waals surface area contributed by atoms with Crippen LogP contribution in [-0.2, 0) is 0 Å². The number of nitrogens with zero attached hydrogens (tertiary/aromatic N) is 2. The zero-order chi connectivity index (χ0) is 9.68. The van der Waals surface area contributed by atoms with Crippen LogP contribution in [0.4, 0.5) is 5.82 Å². The molecule has 72 valence electrons. The van der Waals surface area contributed by atoms with E-state index in [1.807, 2.05) is 13.0 Å². The van der Waals surface area contributed by atoms with Crippen LogP contribution in [-0.4, -0.2) is 16.5 Å². The molecular formula is C10H17N3. The van der Waals surface area contributed by atoms with Crippen molar-refractivity contribution in [3.05, 3.63) is 18.1 Å². The second kappa shape index (κ2) is 4.80. The summed E-state index contributed by atoms with van der Waals surface area (Å²) in [6.07, 6.45) is 2.95. The Kier molecular flexibility index (Phi) is 3.68. The highest BCUT2D eigenvalue weighted by Crippen LogP contribution is 2.03. The zero-order valence-electron chi connectivity index (χ0n) is 8.54. The maximum Gasteiger partial charge on any atom is 0.129 e. The van der Waals surface area contributed by atoms with Crippen molar-refractivity contribution in [3.8, 4) is 0 Å². The average molecular weight is 179 g/mol. The lowest BCUT2D eigenvalue weighted by Crippen LogP contribution is -2.06. The Bertz CT molecular complexity index is 258. The van der Waals surface area contributed by atoms with E-state index in [9.17, 15) is 0 Å². The lowest BCUT2D eigenvalue weighted by Gasteiger charge is -2.07. The van der Waals surface area contributed by atoms with Gasteiger partial charge < -0.3 is 5.32 Å². The van der Waals surface area contributed by atoms with Crippen molar-refractivity contribution in [2.24, 2.45) is 5.92 Å². The van der Waals surface area contributed by atoms with Crippen LogP contribution in [0.15, 0.2) is 12.3 Å². The Balaban J connectivity index is 2.37. The summed E-state index contributed by atoms with van der Waals surface area (Å²) in [7, 11) is 0. The van der Waals surface area contributed by atoms with Crippen molar-refractivity contribution in [3.63, 3.8) is 0 Å². The third-order valence-corrected chi connectivity index (χ3v) is 1.80. The summed E-state index contributed by atoms with van der Waals surface area (Å²) in [6.45, 7) is 7.31. The first-order chi connectivity index (χ1) is 6.18. The molecule has 1 heterocycles. The number of aryl methyl sites for hydroxylation is 1. The summed E-state index contributed by atoms with van der Waals surface area (Å²) in [4.78, 5) is 8.28. The summed E-state index contributed by atoms with van der Waals surface area (Å²) in [6, 6.07) is 1.90. The average Bonchev–Trinajstić information content (AvgIpc) is 2.03. The van der Waals surface area contributed by atoms with Crippen LogP contribution in [0.3, 0.4) is 0 Å². The molecule has 1 aromatic rings. The molecule has 0 aliphatic carbocycles. The number of aromatic nitrogens is 2. The maximum atomic E-state index is 4.25. The quantitative estimate of drug-likeness (QED) is 0.770. The SMILES string of the molecule is Cc1nccc(NCCC(C)C)n1. The molecule has 0 bridgehead atoms. The van der Waals surface area contributed by atoms with Crippen molar-refractivity contribution in [2.45, 2.75) is 27.2 Å². The lowest BCUT2D eigenvalue weighted by atomic mass is 10.1. The fourth-order valence-electron chi connectivity index (χ4n) is 1.04. The second-order valence-electron chi connectivity index (χ2n) is 3.60. The van der Waals surface area contributed by atoms with Gasteiger partial charge in [-0.1, -0.05) is 13.8 Å². The van der Waals surface area contributed by atoms with Gasteiger partial charge in [0.15, 0.2) is 0 Å². The zero-order valence-corrected chi connectivity index (χ0v) is 8.54. The Morgan fingerprint density at radius 1 is 1.46 bits per heavy atom. The molecule has 0 spiro atoms. The predicted molar refractivity (Wildman–Crippen MR) is 54.7 cm³/mol. The van der Waals surface area contributed by atoms with Gasteiger partial charge in [0.1, 0.15) is 11.6 Å². The molecule has 0 aliphatic heterocycles. The fourth-order valence-corrected chi connectivity index (χ4v) is 1.04. The summed E-state index contributed by atoms with van der Waals surface area (Å²) in [5, 5.41) is 3.27. The number of hydrogen-bond acceptors (Lipinski definition) is 3. The van der Waals surface area contributed by atoms with Gasteiger partial charge in [0.2, 0.25) is 0 Å². The Morgan fingerprint density at radius 3 is 2.85 bits per heavy atom. The van der Waals surface area contributed by atoms with Gasteiger partial charge in [-0.15, -0.1) is 0 Å². The van der Waals surface area contributed by atoms with Crippen LogP contribution < -0.4 is 5.32 Å². The minimum atomic E-state index is 0.732. The summed E-state index contributed by atoms with van der Waals surface area (Å²) >= 11 is 0. The van der Waals surface area contributed by atoms with Crippen LogP contribution in [0.25, 0.3) is 0 Å². The van der Waals surface area contributed by atoms with Gasteiger partial charge in [0.05, 0.1) is 0 Å². The number of anilines is 1. The minimum absolute atomic E-state index is 0.732. The highest BCUT2D eigenvalue weighted by molar-refractivity contribution is 5.32. The van der Waals surface area contributed by atoms with E-state index in [-0.39, 0.29) is 0 Å². The molecule has 0 saturated heterocycles. The molecule has 0 fully saturated rings. The Labute approximate surface area is 79.6 Å². The van der Waals surface area contributed by atoms with Crippen molar-refractivity contribution in [1.29, 1.82) is 0 Å². The van der Waals surface area contributed by atoms with Crippen LogP contribution >= 0.6 is 0 Å². The van der Waals surface area contributed by atoms with Crippen molar-refractivity contribution in [1.82, 2.24) is 9.97 Å². The molecule has 3 nitrogen and oxygen atoms in total. The van der Waals surface area contributed by atoms with E-state index in [4.69, 9.17) is 0 Å². The molecule has 0 saturated carbocycles. The molecule has 1 aromatic heterocycles. The molecule has 1 rings (SSSR count). The monoisotopic (exact) mass is 179 g/mol. The van der Waals surface area contributed by atoms with E-state index in [0.717, 1.165) is 24.1 Å². The van der Waals surface area contributed by atoms with Gasteiger partial charge >= 0.3 is 0 Å². The fraction of sp³-hybridized carbons (Fsp3) is 0.600. The molecule has 1 N–H and O–H groups in total. The first-order valence-electron chi connectivity index (χ1n) is 4.72. The lowest BCUT2D eigenvalue weighted by molar-refractivity contribution is 0.606. The Hall–Kier alpha value is -1.12. The number of nitrogens with one attached hydrogen (secondary N) is 1. The molecule has 0 aromatic carbocycles. The molecule has 0 aliphatic rings. The topological polar surface area (TPSA) is 37.8 Å². The van der Waals surface area contributed by atoms with E-state index in [1.165, 1.54) is 6.42 Å². The normalized spacial score (nSPS) is 10.5. The maximum absolute atomic E-state index is 4.25. The predicted octanol–water partition coefficient (Wildman–Crippen LogP) is 2.24. The van der Waals surface area contributed by atoms with Crippen molar-refractivity contribution in [2.75, 3.05) is 11.9 Å². The van der Waals surface area contributed by atoms with E-state index >= 15 is 0 Å². The summed E-state index contributed by atoms with van der Waals surface area (Å²) in [5.74, 6) is 2.47. The van der Waals surface area contributed by atoms with Crippen molar-refractivity contribution < 1.29 is 0 Å². The van der Waals surface area contributed by atoms with E-state index < -0.39 is 0 Å². The van der Waals surface area contributed by atoms with Gasteiger partial charge in [-0.25, -0.2) is 9.97 Å². The largest absolute Gasteiger partial charge is 0.370 e. The summed E-state index contributed by atoms with van der Waals surface area (Å²) in [5.41, 5.74) is 0. The van der Waals surface area contributed by atoms with Crippen LogP contribution in [0.2, 0.25) is 0 Å². The summed E-state index contributed by atoms with van der Waals surface area (Å²) < 4.78 is 0. The van der Waals surface area contributed by atoms with Gasteiger partial charge in [0, 0.05) is 12.7 Å². The second-order valence-corrected chi connectivity index (χ2v) is 3.60. The highest BCUT2D eigenvalue weighted by atomic mass is 15.0. The third kappa shape index (κ3) is 3.87.